The number of hydrogen-bond acceptors (Lipinski definition) is 4. The highest BCUT2D eigenvalue weighted by atomic mass is 35.5. The standard InChI is InChI=1S/C24H21Cl2N3O3S/c1-14-6-3-4-9-19(14)23(31)27-17-7-5-8-18(13-17)28-24(33)29-22(30)15(2)32-21-11-10-16(25)12-20(21)26/h3-13,15H,1-2H3,(H,27,31)(H2,28,29,30,33). The average Bonchev–Trinajstić information content (AvgIpc) is 2.76. The summed E-state index contributed by atoms with van der Waals surface area (Å²) in [6.45, 7) is 3.45. The predicted molar refractivity (Wildman–Crippen MR) is 136 cm³/mol. The lowest BCUT2D eigenvalue weighted by Gasteiger charge is -2.17. The van der Waals surface area contributed by atoms with E-state index in [0.717, 1.165) is 5.56 Å². The lowest BCUT2D eigenvalue weighted by molar-refractivity contribution is -0.125. The van der Waals surface area contributed by atoms with Crippen molar-refractivity contribution >= 4 is 63.7 Å². The molecular weight excluding hydrogens is 481 g/mol. The Hall–Kier alpha value is -3.13. The van der Waals surface area contributed by atoms with E-state index in [9.17, 15) is 9.59 Å². The van der Waals surface area contributed by atoms with Crippen LogP contribution in [-0.4, -0.2) is 23.0 Å². The molecular formula is C24H21Cl2N3O3S. The molecule has 9 heteroatoms. The van der Waals surface area contributed by atoms with E-state index in [1.165, 1.54) is 6.07 Å². The first-order valence-corrected chi connectivity index (χ1v) is 11.1. The van der Waals surface area contributed by atoms with Crippen molar-refractivity contribution in [3.05, 3.63) is 87.9 Å². The van der Waals surface area contributed by atoms with E-state index >= 15 is 0 Å². The van der Waals surface area contributed by atoms with E-state index in [2.05, 4.69) is 16.0 Å². The largest absolute Gasteiger partial charge is 0.479 e. The molecule has 2 amide bonds. The van der Waals surface area contributed by atoms with Gasteiger partial charge in [-0.1, -0.05) is 47.5 Å². The maximum absolute atomic E-state index is 12.5. The zero-order chi connectivity index (χ0) is 24.0. The van der Waals surface area contributed by atoms with Gasteiger partial charge in [-0.3, -0.25) is 14.9 Å². The smallest absolute Gasteiger partial charge is 0.266 e. The van der Waals surface area contributed by atoms with Gasteiger partial charge in [0.2, 0.25) is 0 Å². The first-order chi connectivity index (χ1) is 15.7. The van der Waals surface area contributed by atoms with E-state index in [1.54, 1.807) is 49.4 Å². The van der Waals surface area contributed by atoms with Crippen LogP contribution in [0.1, 0.15) is 22.8 Å². The number of amides is 2. The van der Waals surface area contributed by atoms with E-state index in [-0.39, 0.29) is 11.0 Å². The van der Waals surface area contributed by atoms with Crippen LogP contribution in [0.2, 0.25) is 10.0 Å². The fourth-order valence-electron chi connectivity index (χ4n) is 2.89. The topological polar surface area (TPSA) is 79.5 Å². The zero-order valence-corrected chi connectivity index (χ0v) is 20.1. The number of rotatable bonds is 6. The molecule has 0 saturated heterocycles. The lowest BCUT2D eigenvalue weighted by Crippen LogP contribution is -2.42. The van der Waals surface area contributed by atoms with Gasteiger partial charge in [0.05, 0.1) is 5.02 Å². The average molecular weight is 502 g/mol. The molecule has 0 heterocycles. The minimum absolute atomic E-state index is 0.0834. The van der Waals surface area contributed by atoms with Crippen LogP contribution >= 0.6 is 35.4 Å². The molecule has 0 aliphatic carbocycles. The van der Waals surface area contributed by atoms with Crippen LogP contribution in [0, 0.1) is 6.92 Å². The molecule has 3 N–H and O–H groups in total. The second-order valence-electron chi connectivity index (χ2n) is 7.13. The van der Waals surface area contributed by atoms with Crippen molar-refractivity contribution in [3.8, 4) is 5.75 Å². The van der Waals surface area contributed by atoms with Crippen molar-refractivity contribution in [1.82, 2.24) is 5.32 Å². The van der Waals surface area contributed by atoms with Crippen molar-refractivity contribution in [2.75, 3.05) is 10.6 Å². The highest BCUT2D eigenvalue weighted by molar-refractivity contribution is 7.80. The number of halogens is 2. The molecule has 0 spiro atoms. The molecule has 3 aromatic carbocycles. The number of nitrogens with one attached hydrogen (secondary N) is 3. The Balaban J connectivity index is 1.57. The molecule has 6 nitrogen and oxygen atoms in total. The lowest BCUT2D eigenvalue weighted by atomic mass is 10.1. The van der Waals surface area contributed by atoms with E-state index in [1.807, 2.05) is 25.1 Å². The van der Waals surface area contributed by atoms with Gasteiger partial charge in [0.1, 0.15) is 5.75 Å². The number of anilines is 2. The van der Waals surface area contributed by atoms with Gasteiger partial charge in [0.25, 0.3) is 11.8 Å². The summed E-state index contributed by atoms with van der Waals surface area (Å²) in [6.07, 6.45) is -0.858. The first kappa shape index (κ1) is 24.5. The normalized spacial score (nSPS) is 11.3. The maximum Gasteiger partial charge on any atom is 0.266 e. The molecule has 1 atom stereocenters. The van der Waals surface area contributed by atoms with Gasteiger partial charge in [0.15, 0.2) is 11.2 Å². The fraction of sp³-hybridized carbons (Fsp3) is 0.125. The molecule has 3 rings (SSSR count). The Labute approximate surface area is 207 Å². The molecule has 0 saturated carbocycles. The first-order valence-electron chi connectivity index (χ1n) is 9.93. The van der Waals surface area contributed by atoms with Gasteiger partial charge in [-0.15, -0.1) is 0 Å². The molecule has 0 fully saturated rings. The zero-order valence-electron chi connectivity index (χ0n) is 17.8. The Morgan fingerprint density at radius 3 is 2.33 bits per heavy atom. The van der Waals surface area contributed by atoms with Crippen LogP contribution in [-0.2, 0) is 4.79 Å². The molecule has 1 unspecified atom stereocenters. The Morgan fingerprint density at radius 1 is 0.939 bits per heavy atom. The highest BCUT2D eigenvalue weighted by Gasteiger charge is 2.18. The van der Waals surface area contributed by atoms with E-state index < -0.39 is 12.0 Å². The summed E-state index contributed by atoms with van der Waals surface area (Å²) in [7, 11) is 0. The second-order valence-corrected chi connectivity index (χ2v) is 8.38. The van der Waals surface area contributed by atoms with Gasteiger partial charge in [-0.25, -0.2) is 0 Å². The second kappa shape index (κ2) is 11.1. The molecule has 33 heavy (non-hydrogen) atoms. The third kappa shape index (κ3) is 6.92. The molecule has 0 radical (unpaired) electrons. The van der Waals surface area contributed by atoms with Crippen LogP contribution in [0.4, 0.5) is 11.4 Å². The fourth-order valence-corrected chi connectivity index (χ4v) is 3.56. The number of thiocarbonyl (C=S) groups is 1. The number of carbonyl (C=O) groups excluding carboxylic acids is 2. The van der Waals surface area contributed by atoms with Gasteiger partial charge in [-0.2, -0.15) is 0 Å². The van der Waals surface area contributed by atoms with Gasteiger partial charge in [-0.05, 0) is 74.1 Å². The summed E-state index contributed by atoms with van der Waals surface area (Å²) in [4.78, 5) is 25.0. The van der Waals surface area contributed by atoms with Crippen LogP contribution < -0.4 is 20.7 Å². The monoisotopic (exact) mass is 501 g/mol. The molecule has 0 aliphatic heterocycles. The number of aryl methyl sites for hydroxylation is 1. The van der Waals surface area contributed by atoms with Crippen molar-refractivity contribution in [3.63, 3.8) is 0 Å². The Morgan fingerprint density at radius 2 is 1.64 bits per heavy atom. The van der Waals surface area contributed by atoms with E-state index in [0.29, 0.717) is 32.7 Å². The van der Waals surface area contributed by atoms with Gasteiger partial charge < -0.3 is 15.4 Å². The van der Waals surface area contributed by atoms with Crippen LogP contribution in [0.15, 0.2) is 66.7 Å². The molecule has 0 aliphatic rings. The number of ether oxygens (including phenoxy) is 1. The van der Waals surface area contributed by atoms with Crippen molar-refractivity contribution in [1.29, 1.82) is 0 Å². The van der Waals surface area contributed by atoms with Gasteiger partial charge >= 0.3 is 0 Å². The molecule has 0 bridgehead atoms. The number of hydrogen-bond donors (Lipinski definition) is 3. The summed E-state index contributed by atoms with van der Waals surface area (Å²) >= 11 is 17.2. The van der Waals surface area contributed by atoms with Crippen LogP contribution in [0.3, 0.4) is 0 Å². The molecule has 0 aromatic heterocycles. The highest BCUT2D eigenvalue weighted by Crippen LogP contribution is 2.28. The minimum Gasteiger partial charge on any atom is -0.479 e. The molecule has 3 aromatic rings. The quantitative estimate of drug-likeness (QED) is 0.370. The Kier molecular flexibility index (Phi) is 8.27. The number of carbonyl (C=O) groups is 2. The van der Waals surface area contributed by atoms with Crippen LogP contribution in [0.5, 0.6) is 5.75 Å². The predicted octanol–water partition coefficient (Wildman–Crippen LogP) is 5.83. The molecule has 170 valence electrons. The number of benzene rings is 3. The third-order valence-corrected chi connectivity index (χ3v) is 5.31. The van der Waals surface area contributed by atoms with Crippen molar-refractivity contribution in [2.45, 2.75) is 20.0 Å². The summed E-state index contributed by atoms with van der Waals surface area (Å²) in [5, 5.41) is 9.20. The Bertz CT molecular complexity index is 1200. The van der Waals surface area contributed by atoms with Gasteiger partial charge in [0, 0.05) is 22.0 Å². The summed E-state index contributed by atoms with van der Waals surface area (Å²) in [5.41, 5.74) is 2.64. The SMILES string of the molecule is Cc1ccccc1C(=O)Nc1cccc(NC(=S)NC(=O)C(C)Oc2ccc(Cl)cc2Cl)c1. The summed E-state index contributed by atoms with van der Waals surface area (Å²) < 4.78 is 5.59. The van der Waals surface area contributed by atoms with Crippen molar-refractivity contribution in [2.24, 2.45) is 0 Å². The maximum atomic E-state index is 12.5. The third-order valence-electron chi connectivity index (χ3n) is 4.57. The van der Waals surface area contributed by atoms with E-state index in [4.69, 9.17) is 40.2 Å². The van der Waals surface area contributed by atoms with Crippen molar-refractivity contribution < 1.29 is 14.3 Å². The summed E-state index contributed by atoms with van der Waals surface area (Å²) in [5.74, 6) is -0.338. The van der Waals surface area contributed by atoms with Crippen LogP contribution in [0.25, 0.3) is 0 Å². The minimum atomic E-state index is -0.858. The summed E-state index contributed by atoms with van der Waals surface area (Å²) in [6, 6.07) is 19.0.